The lowest BCUT2D eigenvalue weighted by molar-refractivity contribution is -0.131. The van der Waals surface area contributed by atoms with Crippen LogP contribution in [0.4, 0.5) is 0 Å². The van der Waals surface area contributed by atoms with Crippen molar-refractivity contribution in [3.63, 3.8) is 0 Å². The average molecular weight is 293 g/mol. The van der Waals surface area contributed by atoms with Gasteiger partial charge in [0.25, 0.3) is 0 Å². The first-order valence-electron chi connectivity index (χ1n) is 8.11. The van der Waals surface area contributed by atoms with E-state index in [9.17, 15) is 9.90 Å². The Labute approximate surface area is 127 Å². The Kier molecular flexibility index (Phi) is 5.60. The molecule has 2 fully saturated rings. The molecule has 0 aromatic heterocycles. The monoisotopic (exact) mass is 293 g/mol. The van der Waals surface area contributed by atoms with E-state index in [0.29, 0.717) is 25.3 Å². The molecule has 0 aromatic carbocycles. The van der Waals surface area contributed by atoms with Crippen LogP contribution in [0.25, 0.3) is 0 Å². The second-order valence-electron chi connectivity index (χ2n) is 6.57. The number of piperidine rings is 1. The van der Waals surface area contributed by atoms with Crippen molar-refractivity contribution in [2.75, 3.05) is 33.2 Å². The van der Waals surface area contributed by atoms with Crippen molar-refractivity contribution in [1.29, 1.82) is 5.26 Å². The molecule has 21 heavy (non-hydrogen) atoms. The van der Waals surface area contributed by atoms with Crippen molar-refractivity contribution >= 4 is 5.91 Å². The third-order valence-electron chi connectivity index (χ3n) is 5.14. The summed E-state index contributed by atoms with van der Waals surface area (Å²) in [5.41, 5.74) is -0.442. The number of fused-ring (bicyclic) bond motifs is 1. The van der Waals surface area contributed by atoms with E-state index >= 15 is 0 Å². The fraction of sp³-hybridized carbons (Fsp3) is 0.875. The van der Waals surface area contributed by atoms with E-state index in [1.807, 2.05) is 0 Å². The number of likely N-dealkylation sites (tertiary alicyclic amines) is 1. The smallest absolute Gasteiger partial charge is 0.223 e. The van der Waals surface area contributed by atoms with E-state index in [1.54, 1.807) is 11.9 Å². The summed E-state index contributed by atoms with van der Waals surface area (Å²) in [5, 5.41) is 19.2. The first kappa shape index (κ1) is 16.3. The van der Waals surface area contributed by atoms with E-state index in [-0.39, 0.29) is 5.91 Å². The fourth-order valence-electron chi connectivity index (χ4n) is 3.63. The Morgan fingerprint density at radius 3 is 3.05 bits per heavy atom. The van der Waals surface area contributed by atoms with Crippen LogP contribution in [0.3, 0.4) is 0 Å². The van der Waals surface area contributed by atoms with Crippen molar-refractivity contribution in [3.05, 3.63) is 0 Å². The van der Waals surface area contributed by atoms with Gasteiger partial charge >= 0.3 is 0 Å². The van der Waals surface area contributed by atoms with E-state index in [0.717, 1.165) is 45.3 Å². The number of amides is 1. The van der Waals surface area contributed by atoms with Gasteiger partial charge in [0.15, 0.2) is 0 Å². The number of carbonyl (C=O) groups is 1. The first-order valence-corrected chi connectivity index (χ1v) is 8.11. The van der Waals surface area contributed by atoms with Crippen LogP contribution in [-0.2, 0) is 4.79 Å². The maximum absolute atomic E-state index is 12.0. The van der Waals surface area contributed by atoms with Crippen LogP contribution in [0.2, 0.25) is 0 Å². The summed E-state index contributed by atoms with van der Waals surface area (Å²) in [4.78, 5) is 15.9. The molecular formula is C16H27N3O2. The second-order valence-corrected chi connectivity index (χ2v) is 6.57. The predicted molar refractivity (Wildman–Crippen MR) is 80.4 cm³/mol. The summed E-state index contributed by atoms with van der Waals surface area (Å²) >= 11 is 0. The van der Waals surface area contributed by atoms with Crippen LogP contribution in [-0.4, -0.2) is 59.6 Å². The normalized spacial score (nSPS) is 29.5. The third kappa shape index (κ3) is 4.18. The van der Waals surface area contributed by atoms with Crippen molar-refractivity contribution in [3.8, 4) is 6.07 Å². The van der Waals surface area contributed by atoms with Gasteiger partial charge in [-0.3, -0.25) is 4.79 Å². The van der Waals surface area contributed by atoms with Crippen LogP contribution < -0.4 is 0 Å². The van der Waals surface area contributed by atoms with Gasteiger partial charge in [0.05, 0.1) is 18.1 Å². The summed E-state index contributed by atoms with van der Waals surface area (Å²) < 4.78 is 0. The second kappa shape index (κ2) is 7.24. The topological polar surface area (TPSA) is 67.6 Å². The van der Waals surface area contributed by atoms with Crippen LogP contribution in [0.15, 0.2) is 0 Å². The van der Waals surface area contributed by atoms with Crippen LogP contribution >= 0.6 is 0 Å². The zero-order valence-electron chi connectivity index (χ0n) is 13.1. The number of aliphatic hydroxyl groups is 1. The lowest BCUT2D eigenvalue weighted by atomic mass is 9.71. The van der Waals surface area contributed by atoms with Gasteiger partial charge in [0.2, 0.25) is 5.91 Å². The molecule has 0 bridgehead atoms. The molecule has 5 nitrogen and oxygen atoms in total. The number of rotatable bonds is 5. The van der Waals surface area contributed by atoms with Gasteiger partial charge in [-0.2, -0.15) is 5.26 Å². The third-order valence-corrected chi connectivity index (χ3v) is 5.14. The van der Waals surface area contributed by atoms with E-state index in [1.165, 1.54) is 6.42 Å². The van der Waals surface area contributed by atoms with E-state index < -0.39 is 5.60 Å². The van der Waals surface area contributed by atoms with Gasteiger partial charge < -0.3 is 14.9 Å². The van der Waals surface area contributed by atoms with Crippen LogP contribution in [0.1, 0.15) is 44.9 Å². The molecule has 2 aliphatic rings. The minimum absolute atomic E-state index is 0.106. The number of nitriles is 1. The molecule has 1 heterocycles. The summed E-state index contributed by atoms with van der Waals surface area (Å²) in [7, 11) is 1.76. The van der Waals surface area contributed by atoms with Gasteiger partial charge in [-0.05, 0) is 19.3 Å². The molecule has 0 radical (unpaired) electrons. The van der Waals surface area contributed by atoms with E-state index in [2.05, 4.69) is 11.0 Å². The zero-order valence-corrected chi connectivity index (χ0v) is 13.1. The highest BCUT2D eigenvalue weighted by molar-refractivity contribution is 5.76. The molecule has 118 valence electrons. The molecule has 1 saturated heterocycles. The molecule has 2 unspecified atom stereocenters. The number of hydrogen-bond acceptors (Lipinski definition) is 4. The lowest BCUT2D eigenvalue weighted by Gasteiger charge is -2.47. The lowest BCUT2D eigenvalue weighted by Crippen LogP contribution is -2.53. The summed E-state index contributed by atoms with van der Waals surface area (Å²) in [5.74, 6) is 0.487. The van der Waals surface area contributed by atoms with Crippen molar-refractivity contribution < 1.29 is 9.90 Å². The number of nitrogens with zero attached hydrogens (tertiary/aromatic N) is 3. The number of hydrogen-bond donors (Lipinski definition) is 1. The molecule has 2 rings (SSSR count). The highest BCUT2D eigenvalue weighted by Gasteiger charge is 2.42. The van der Waals surface area contributed by atoms with Crippen LogP contribution in [0, 0.1) is 17.2 Å². The molecule has 1 amide bonds. The average Bonchev–Trinajstić information content (AvgIpc) is 2.49. The van der Waals surface area contributed by atoms with Crippen molar-refractivity contribution in [2.45, 2.75) is 50.5 Å². The first-order chi connectivity index (χ1) is 10.0. The standard InChI is InChI=1S/C16H27N3O2/c1-18(10-4-9-17)15(20)6-11-19-12-8-16(21)7-3-2-5-14(16)13-19/h14,21H,2-8,10-13H2,1H3. The molecule has 5 heteroatoms. The van der Waals surface area contributed by atoms with Gasteiger partial charge in [0.1, 0.15) is 0 Å². The van der Waals surface area contributed by atoms with Gasteiger partial charge in [-0.25, -0.2) is 0 Å². The zero-order chi connectivity index (χ0) is 15.3. The van der Waals surface area contributed by atoms with E-state index in [4.69, 9.17) is 5.26 Å². The molecule has 1 aliphatic heterocycles. The molecule has 2 atom stereocenters. The summed E-state index contributed by atoms with van der Waals surface area (Å²) in [6, 6.07) is 2.06. The van der Waals surface area contributed by atoms with Crippen molar-refractivity contribution in [1.82, 2.24) is 9.80 Å². The molecule has 1 saturated carbocycles. The SMILES string of the molecule is CN(CCC#N)C(=O)CCN1CCC2(O)CCCCC2C1. The van der Waals surface area contributed by atoms with Gasteiger partial charge in [0, 0.05) is 45.6 Å². The Morgan fingerprint density at radius 2 is 2.29 bits per heavy atom. The predicted octanol–water partition coefficient (Wildman–Crippen LogP) is 1.38. The number of carbonyl (C=O) groups excluding carboxylic acids is 1. The minimum atomic E-state index is -0.442. The Hall–Kier alpha value is -1.12. The fourth-order valence-corrected chi connectivity index (χ4v) is 3.63. The van der Waals surface area contributed by atoms with Crippen molar-refractivity contribution in [2.24, 2.45) is 5.92 Å². The quantitative estimate of drug-likeness (QED) is 0.831. The molecule has 1 aliphatic carbocycles. The maximum Gasteiger partial charge on any atom is 0.223 e. The largest absolute Gasteiger partial charge is 0.390 e. The summed E-state index contributed by atoms with van der Waals surface area (Å²) in [6.07, 6.45) is 6.17. The molecular weight excluding hydrogens is 266 g/mol. The Bertz CT molecular complexity index is 407. The van der Waals surface area contributed by atoms with Gasteiger partial charge in [-0.1, -0.05) is 12.8 Å². The van der Waals surface area contributed by atoms with Crippen LogP contribution in [0.5, 0.6) is 0 Å². The Balaban J connectivity index is 1.75. The highest BCUT2D eigenvalue weighted by Crippen LogP contribution is 2.39. The summed E-state index contributed by atoms with van der Waals surface area (Å²) in [6.45, 7) is 3.09. The highest BCUT2D eigenvalue weighted by atomic mass is 16.3. The van der Waals surface area contributed by atoms with Gasteiger partial charge in [-0.15, -0.1) is 0 Å². The molecule has 0 spiro atoms. The molecule has 0 aromatic rings. The Morgan fingerprint density at radius 1 is 1.48 bits per heavy atom. The minimum Gasteiger partial charge on any atom is -0.390 e. The maximum atomic E-state index is 12.0. The molecule has 1 N–H and O–H groups in total.